The third-order valence-electron chi connectivity index (χ3n) is 4.61. The number of benzene rings is 1. The number of ether oxygens (including phenoxy) is 1. The first-order chi connectivity index (χ1) is 9.29. The smallest absolute Gasteiger partial charge is 0.124 e. The van der Waals surface area contributed by atoms with Crippen LogP contribution in [0.15, 0.2) is 24.3 Å². The summed E-state index contributed by atoms with van der Waals surface area (Å²) < 4.78 is 5.79. The van der Waals surface area contributed by atoms with Crippen molar-refractivity contribution in [3.05, 3.63) is 29.8 Å². The fourth-order valence-corrected chi connectivity index (χ4v) is 3.45. The number of nitrogens with one attached hydrogen (secondary N) is 1. The van der Waals surface area contributed by atoms with Gasteiger partial charge in [0.25, 0.3) is 0 Å². The molecule has 0 saturated heterocycles. The van der Waals surface area contributed by atoms with Gasteiger partial charge in [-0.1, -0.05) is 31.5 Å². The maximum atomic E-state index is 9.46. The lowest BCUT2D eigenvalue weighted by Crippen LogP contribution is -2.42. The van der Waals surface area contributed by atoms with Crippen LogP contribution in [0.3, 0.4) is 0 Å². The van der Waals surface area contributed by atoms with Crippen molar-refractivity contribution < 1.29 is 9.84 Å². The van der Waals surface area contributed by atoms with Crippen molar-refractivity contribution >= 4 is 0 Å². The van der Waals surface area contributed by atoms with Gasteiger partial charge in [0.05, 0.1) is 6.61 Å². The lowest BCUT2D eigenvalue weighted by Gasteiger charge is -2.35. The molecule has 0 spiro atoms. The van der Waals surface area contributed by atoms with Crippen LogP contribution in [0.4, 0.5) is 0 Å². The van der Waals surface area contributed by atoms with Crippen molar-refractivity contribution in [1.29, 1.82) is 0 Å². The molecule has 1 aliphatic heterocycles. The van der Waals surface area contributed by atoms with Crippen LogP contribution >= 0.6 is 0 Å². The minimum atomic E-state index is 0.302. The molecule has 2 aliphatic rings. The second-order valence-corrected chi connectivity index (χ2v) is 5.95. The van der Waals surface area contributed by atoms with Crippen molar-refractivity contribution in [2.24, 2.45) is 11.8 Å². The Morgan fingerprint density at radius 1 is 1.32 bits per heavy atom. The highest BCUT2D eigenvalue weighted by molar-refractivity contribution is 5.38. The van der Waals surface area contributed by atoms with Gasteiger partial charge >= 0.3 is 0 Å². The number of hydrogen-bond acceptors (Lipinski definition) is 3. The molecular formula is C16H23NO2. The number of aliphatic hydroxyl groups is 1. The zero-order valence-corrected chi connectivity index (χ0v) is 11.5. The monoisotopic (exact) mass is 261 g/mol. The molecule has 0 aromatic heterocycles. The van der Waals surface area contributed by atoms with Gasteiger partial charge in [-0.25, -0.2) is 0 Å². The Balaban J connectivity index is 1.80. The lowest BCUT2D eigenvalue weighted by molar-refractivity contribution is 0.156. The molecular weight excluding hydrogens is 238 g/mol. The van der Waals surface area contributed by atoms with Gasteiger partial charge in [-0.05, 0) is 24.8 Å². The second-order valence-electron chi connectivity index (χ2n) is 5.95. The first-order valence-electron chi connectivity index (χ1n) is 7.38. The van der Waals surface area contributed by atoms with Crippen LogP contribution in [-0.4, -0.2) is 24.4 Å². The van der Waals surface area contributed by atoms with E-state index in [0.29, 0.717) is 30.5 Å². The molecule has 1 heterocycles. The van der Waals surface area contributed by atoms with Crippen molar-refractivity contribution in [3.8, 4) is 5.75 Å². The molecule has 4 atom stereocenters. The van der Waals surface area contributed by atoms with Gasteiger partial charge in [-0.2, -0.15) is 0 Å². The average molecular weight is 261 g/mol. The molecule has 3 rings (SSSR count). The Morgan fingerprint density at radius 2 is 2.16 bits per heavy atom. The predicted molar refractivity (Wildman–Crippen MR) is 75.2 cm³/mol. The van der Waals surface area contributed by atoms with Crippen molar-refractivity contribution in [2.75, 3.05) is 13.2 Å². The Labute approximate surface area is 115 Å². The summed E-state index contributed by atoms with van der Waals surface area (Å²) in [4.78, 5) is 0. The SMILES string of the molecule is CC1COc2ccccc2C1NC1CCCC1CO. The fourth-order valence-electron chi connectivity index (χ4n) is 3.45. The summed E-state index contributed by atoms with van der Waals surface area (Å²) in [5.41, 5.74) is 1.27. The minimum Gasteiger partial charge on any atom is -0.493 e. The van der Waals surface area contributed by atoms with E-state index in [1.807, 2.05) is 12.1 Å². The number of para-hydroxylation sites is 1. The zero-order valence-electron chi connectivity index (χ0n) is 11.5. The number of aliphatic hydroxyl groups excluding tert-OH is 1. The summed E-state index contributed by atoms with van der Waals surface area (Å²) in [5, 5.41) is 13.2. The van der Waals surface area contributed by atoms with Crippen LogP contribution in [0.5, 0.6) is 5.75 Å². The molecule has 104 valence electrons. The van der Waals surface area contributed by atoms with Gasteiger partial charge in [0.1, 0.15) is 5.75 Å². The summed E-state index contributed by atoms with van der Waals surface area (Å²) in [6.07, 6.45) is 3.55. The Bertz CT molecular complexity index is 435. The Kier molecular flexibility index (Phi) is 3.76. The van der Waals surface area contributed by atoms with Gasteiger partial charge in [-0.3, -0.25) is 0 Å². The lowest BCUT2D eigenvalue weighted by atomic mass is 9.90. The normalized spacial score (nSPS) is 33.8. The zero-order chi connectivity index (χ0) is 13.2. The highest BCUT2D eigenvalue weighted by Crippen LogP contribution is 2.37. The third-order valence-corrected chi connectivity index (χ3v) is 4.61. The number of fused-ring (bicyclic) bond motifs is 1. The maximum absolute atomic E-state index is 9.46. The van der Waals surface area contributed by atoms with Crippen LogP contribution < -0.4 is 10.1 Å². The molecule has 1 saturated carbocycles. The molecule has 1 fully saturated rings. The predicted octanol–water partition coefficient (Wildman–Crippen LogP) is 2.51. The largest absolute Gasteiger partial charge is 0.493 e. The molecule has 0 amide bonds. The number of hydrogen-bond donors (Lipinski definition) is 2. The number of rotatable bonds is 3. The summed E-state index contributed by atoms with van der Waals surface area (Å²) in [5.74, 6) is 1.90. The van der Waals surface area contributed by atoms with E-state index in [4.69, 9.17) is 4.74 Å². The third kappa shape index (κ3) is 2.49. The van der Waals surface area contributed by atoms with Gasteiger partial charge in [0.2, 0.25) is 0 Å². The quantitative estimate of drug-likeness (QED) is 0.878. The Hall–Kier alpha value is -1.06. The molecule has 0 radical (unpaired) electrons. The van der Waals surface area contributed by atoms with Gasteiger partial charge in [0, 0.05) is 30.2 Å². The maximum Gasteiger partial charge on any atom is 0.124 e. The fraction of sp³-hybridized carbons (Fsp3) is 0.625. The van der Waals surface area contributed by atoms with Gasteiger partial charge < -0.3 is 15.2 Å². The van der Waals surface area contributed by atoms with E-state index in [0.717, 1.165) is 18.8 Å². The van der Waals surface area contributed by atoms with Crippen LogP contribution in [0.1, 0.15) is 37.8 Å². The first-order valence-corrected chi connectivity index (χ1v) is 7.38. The van der Waals surface area contributed by atoms with E-state index < -0.39 is 0 Å². The molecule has 1 aromatic carbocycles. The molecule has 1 aliphatic carbocycles. The molecule has 2 N–H and O–H groups in total. The summed E-state index contributed by atoms with van der Waals surface area (Å²) in [7, 11) is 0. The first kappa shape index (κ1) is 12.9. The minimum absolute atomic E-state index is 0.302. The van der Waals surface area contributed by atoms with E-state index >= 15 is 0 Å². The topological polar surface area (TPSA) is 41.5 Å². The van der Waals surface area contributed by atoms with Crippen molar-refractivity contribution in [2.45, 2.75) is 38.3 Å². The van der Waals surface area contributed by atoms with E-state index in [-0.39, 0.29) is 0 Å². The molecule has 0 bridgehead atoms. The molecule has 4 unspecified atom stereocenters. The Morgan fingerprint density at radius 3 is 3.00 bits per heavy atom. The van der Waals surface area contributed by atoms with Crippen LogP contribution in [-0.2, 0) is 0 Å². The van der Waals surface area contributed by atoms with E-state index in [2.05, 4.69) is 24.4 Å². The highest BCUT2D eigenvalue weighted by atomic mass is 16.5. The molecule has 1 aromatic rings. The van der Waals surface area contributed by atoms with Crippen LogP contribution in [0.25, 0.3) is 0 Å². The van der Waals surface area contributed by atoms with Gasteiger partial charge in [-0.15, -0.1) is 0 Å². The van der Waals surface area contributed by atoms with Gasteiger partial charge in [0.15, 0.2) is 0 Å². The molecule has 19 heavy (non-hydrogen) atoms. The highest BCUT2D eigenvalue weighted by Gasteiger charge is 2.33. The van der Waals surface area contributed by atoms with E-state index in [1.54, 1.807) is 0 Å². The standard InChI is InChI=1S/C16H23NO2/c1-11-10-19-15-8-3-2-6-13(15)16(11)17-14-7-4-5-12(14)9-18/h2-3,6,8,11-12,14,16-18H,4-5,7,9-10H2,1H3. The van der Waals surface area contributed by atoms with E-state index in [9.17, 15) is 5.11 Å². The molecule has 3 heteroatoms. The summed E-state index contributed by atoms with van der Waals surface area (Å²) >= 11 is 0. The second kappa shape index (κ2) is 5.51. The average Bonchev–Trinajstić information content (AvgIpc) is 2.89. The van der Waals surface area contributed by atoms with E-state index in [1.165, 1.54) is 18.4 Å². The van der Waals surface area contributed by atoms with Crippen molar-refractivity contribution in [1.82, 2.24) is 5.32 Å². The van der Waals surface area contributed by atoms with Crippen LogP contribution in [0.2, 0.25) is 0 Å². The van der Waals surface area contributed by atoms with Crippen LogP contribution in [0, 0.1) is 11.8 Å². The van der Waals surface area contributed by atoms with Crippen molar-refractivity contribution in [3.63, 3.8) is 0 Å². The summed E-state index contributed by atoms with van der Waals surface area (Å²) in [6.45, 7) is 3.30. The molecule has 3 nitrogen and oxygen atoms in total. The summed E-state index contributed by atoms with van der Waals surface area (Å²) in [6, 6.07) is 9.11.